The Bertz CT molecular complexity index is 3480. The molecule has 0 amide bonds. The molecule has 12 heteroatoms. The molecule has 9 aromatic heterocycles. The Morgan fingerprint density at radius 3 is 1.40 bits per heavy atom. The summed E-state index contributed by atoms with van der Waals surface area (Å²) in [6.07, 6.45) is 12.8. The second kappa shape index (κ2) is 10.4. The molecule has 262 valence electrons. The fraction of sp³-hybridized carbons (Fsp3) is 0. The van der Waals surface area contributed by atoms with Gasteiger partial charge >= 0.3 is 0 Å². The standard InChI is InChI=1S/C45H24BN11/c1-3-9-26(10-4-1)54-42-38(50-19-21-52-42)33-36-40-28(14-17-48-36)46-29-15-18-49-37-34-39-43(53-22-20-51-39)55(27-11-5-2-6-12-27)45(34)57(41(29)37)32-24-25(30-13-7-8-16-47-30)23-31(35(32)46)56(40)44(33)54/h1-24H. The van der Waals surface area contributed by atoms with Crippen LogP contribution in [0.25, 0.3) is 100 Å². The first-order valence-electron chi connectivity index (χ1n) is 18.8. The van der Waals surface area contributed by atoms with E-state index < -0.39 is 0 Å². The zero-order valence-electron chi connectivity index (χ0n) is 29.9. The Morgan fingerprint density at radius 2 is 0.895 bits per heavy atom. The molecule has 0 N–H and O–H groups in total. The first kappa shape index (κ1) is 29.4. The van der Waals surface area contributed by atoms with Crippen LogP contribution in [0.4, 0.5) is 0 Å². The molecule has 11 heterocycles. The molecule has 0 atom stereocenters. The van der Waals surface area contributed by atoms with Gasteiger partial charge in [-0.15, -0.1) is 0 Å². The molecule has 0 unspecified atom stereocenters. The molecule has 0 radical (unpaired) electrons. The molecular weight excluding hydrogens is 705 g/mol. The minimum Gasteiger partial charge on any atom is -0.294 e. The average Bonchev–Trinajstić information content (AvgIpc) is 4.00. The van der Waals surface area contributed by atoms with Crippen molar-refractivity contribution >= 4 is 89.6 Å². The van der Waals surface area contributed by atoms with Crippen LogP contribution < -0.4 is 16.4 Å². The number of benzene rings is 3. The van der Waals surface area contributed by atoms with Crippen molar-refractivity contribution in [3.63, 3.8) is 0 Å². The van der Waals surface area contributed by atoms with E-state index >= 15 is 0 Å². The molecule has 0 saturated carbocycles. The number of hydrogen-bond donors (Lipinski definition) is 0. The summed E-state index contributed by atoms with van der Waals surface area (Å²) in [7, 11) is 0. The molecule has 0 bridgehead atoms. The van der Waals surface area contributed by atoms with Crippen LogP contribution in [-0.4, -0.2) is 59.9 Å². The molecule has 12 aromatic rings. The number of aromatic nitrogens is 11. The molecule has 0 aliphatic carbocycles. The number of pyridine rings is 3. The lowest BCUT2D eigenvalue weighted by molar-refractivity contribution is 1.03. The fourth-order valence-electron chi connectivity index (χ4n) is 9.85. The summed E-state index contributed by atoms with van der Waals surface area (Å²) < 4.78 is 9.29. The van der Waals surface area contributed by atoms with Crippen LogP contribution in [-0.2, 0) is 0 Å². The van der Waals surface area contributed by atoms with E-state index in [1.807, 2.05) is 42.9 Å². The molecule has 2 aliphatic heterocycles. The van der Waals surface area contributed by atoms with Gasteiger partial charge in [-0.3, -0.25) is 43.2 Å². The summed E-state index contributed by atoms with van der Waals surface area (Å²) >= 11 is 0. The Labute approximate surface area is 322 Å². The van der Waals surface area contributed by atoms with Crippen LogP contribution in [0, 0.1) is 0 Å². The van der Waals surface area contributed by atoms with Gasteiger partial charge in [0.2, 0.25) is 0 Å². The van der Waals surface area contributed by atoms with Gasteiger partial charge in [0.25, 0.3) is 6.71 Å². The Balaban J connectivity index is 1.24. The van der Waals surface area contributed by atoms with Crippen molar-refractivity contribution in [2.75, 3.05) is 0 Å². The number of fused-ring (bicyclic) bond motifs is 14. The Hall–Kier alpha value is -7.99. The highest BCUT2D eigenvalue weighted by Gasteiger charge is 2.43. The summed E-state index contributed by atoms with van der Waals surface area (Å²) in [5, 5.41) is 1.94. The maximum Gasteiger partial charge on any atom is 0.252 e. The largest absolute Gasteiger partial charge is 0.294 e. The lowest BCUT2D eigenvalue weighted by Crippen LogP contribution is -2.59. The molecule has 0 fully saturated rings. The van der Waals surface area contributed by atoms with Crippen molar-refractivity contribution in [2.45, 2.75) is 0 Å². The zero-order chi connectivity index (χ0) is 36.9. The van der Waals surface area contributed by atoms with Crippen molar-refractivity contribution in [1.82, 2.24) is 53.2 Å². The molecule has 0 spiro atoms. The van der Waals surface area contributed by atoms with Gasteiger partial charge in [-0.2, -0.15) is 0 Å². The third-order valence-electron chi connectivity index (χ3n) is 11.9. The smallest absolute Gasteiger partial charge is 0.252 e. The second-order valence-electron chi connectivity index (χ2n) is 14.6. The third kappa shape index (κ3) is 3.52. The number of hydrogen-bond acceptors (Lipinski definition) is 7. The number of nitrogens with zero attached hydrogens (tertiary/aromatic N) is 11. The third-order valence-corrected chi connectivity index (χ3v) is 11.9. The minimum atomic E-state index is -0.119. The normalized spacial score (nSPS) is 12.9. The van der Waals surface area contributed by atoms with Crippen molar-refractivity contribution in [3.05, 3.63) is 147 Å². The van der Waals surface area contributed by atoms with E-state index in [4.69, 9.17) is 34.9 Å². The average molecular weight is 730 g/mol. The van der Waals surface area contributed by atoms with Crippen LogP contribution in [0.1, 0.15) is 0 Å². The quantitative estimate of drug-likeness (QED) is 0.195. The van der Waals surface area contributed by atoms with E-state index in [0.29, 0.717) is 0 Å². The van der Waals surface area contributed by atoms with E-state index in [9.17, 15) is 0 Å². The summed E-state index contributed by atoms with van der Waals surface area (Å²) in [6, 6.07) is 35.9. The minimum absolute atomic E-state index is 0.119. The van der Waals surface area contributed by atoms with Crippen LogP contribution in [0.15, 0.2) is 147 Å². The van der Waals surface area contributed by atoms with Gasteiger partial charge < -0.3 is 0 Å². The SMILES string of the molecule is c1ccc(-n2c3nccnc3c3c4nccc5c4n(c32)-c2cc(-c3ccccn3)cc3c2B5c2ccnc4c5c6nccnc6n(-c6ccccc6)c5n-3c24)cc1. The Morgan fingerprint density at radius 1 is 0.404 bits per heavy atom. The number of para-hydroxylation sites is 2. The van der Waals surface area contributed by atoms with Crippen LogP contribution in [0.3, 0.4) is 0 Å². The van der Waals surface area contributed by atoms with Gasteiger partial charge in [-0.05, 0) is 77.1 Å². The van der Waals surface area contributed by atoms with Crippen LogP contribution in [0.5, 0.6) is 0 Å². The van der Waals surface area contributed by atoms with Crippen molar-refractivity contribution < 1.29 is 0 Å². The zero-order valence-corrected chi connectivity index (χ0v) is 29.9. The second-order valence-corrected chi connectivity index (χ2v) is 14.6. The van der Waals surface area contributed by atoms with E-state index in [2.05, 4.69) is 97.1 Å². The molecule has 14 rings (SSSR count). The van der Waals surface area contributed by atoms with Crippen LogP contribution >= 0.6 is 0 Å². The van der Waals surface area contributed by atoms with Crippen LogP contribution in [0.2, 0.25) is 0 Å². The maximum absolute atomic E-state index is 5.14. The highest BCUT2D eigenvalue weighted by atomic mass is 15.2. The molecule has 0 saturated heterocycles. The predicted octanol–water partition coefficient (Wildman–Crippen LogP) is 6.34. The molecule has 11 nitrogen and oxygen atoms in total. The molecule has 2 aliphatic rings. The van der Waals surface area contributed by atoms with Gasteiger partial charge in [0.05, 0.1) is 38.5 Å². The maximum atomic E-state index is 5.14. The van der Waals surface area contributed by atoms with Gasteiger partial charge in [-0.25, -0.2) is 9.97 Å². The summed E-state index contributed by atoms with van der Waals surface area (Å²) in [4.78, 5) is 35.0. The molecule has 57 heavy (non-hydrogen) atoms. The molecule has 3 aromatic carbocycles. The monoisotopic (exact) mass is 729 g/mol. The van der Waals surface area contributed by atoms with Gasteiger partial charge in [0, 0.05) is 71.7 Å². The Kier molecular flexibility index (Phi) is 5.36. The first-order chi connectivity index (χ1) is 28.3. The summed E-state index contributed by atoms with van der Waals surface area (Å²) in [6.45, 7) is -0.119. The lowest BCUT2D eigenvalue weighted by Gasteiger charge is -2.34. The van der Waals surface area contributed by atoms with E-state index in [-0.39, 0.29) is 6.71 Å². The highest BCUT2D eigenvalue weighted by molar-refractivity contribution is 7.00. The molecular formula is C45H24BN11. The first-order valence-corrected chi connectivity index (χ1v) is 18.8. The van der Waals surface area contributed by atoms with Gasteiger partial charge in [0.1, 0.15) is 22.3 Å². The van der Waals surface area contributed by atoms with Crippen molar-refractivity contribution in [2.24, 2.45) is 0 Å². The fourth-order valence-corrected chi connectivity index (χ4v) is 9.85. The van der Waals surface area contributed by atoms with E-state index in [1.165, 1.54) is 16.4 Å². The number of rotatable bonds is 3. The summed E-state index contributed by atoms with van der Waals surface area (Å²) in [5.74, 6) is 0. The van der Waals surface area contributed by atoms with E-state index in [0.717, 1.165) is 100 Å². The topological polar surface area (TPSA) is 110 Å². The van der Waals surface area contributed by atoms with Gasteiger partial charge in [-0.1, -0.05) is 42.5 Å². The van der Waals surface area contributed by atoms with Crippen molar-refractivity contribution in [3.8, 4) is 34.0 Å². The lowest BCUT2D eigenvalue weighted by atomic mass is 9.34. The van der Waals surface area contributed by atoms with Crippen molar-refractivity contribution in [1.29, 1.82) is 0 Å². The summed E-state index contributed by atoms with van der Waals surface area (Å²) in [5.41, 5.74) is 18.5. The predicted molar refractivity (Wildman–Crippen MR) is 223 cm³/mol. The van der Waals surface area contributed by atoms with E-state index in [1.54, 1.807) is 24.8 Å². The highest BCUT2D eigenvalue weighted by Crippen LogP contribution is 2.44. The van der Waals surface area contributed by atoms with Gasteiger partial charge in [0.15, 0.2) is 11.3 Å².